The second-order valence-corrected chi connectivity index (χ2v) is 5.83. The Morgan fingerprint density at radius 3 is 2.22 bits per heavy atom. The molecule has 0 aliphatic rings. The monoisotopic (exact) mass is 371 g/mol. The van der Waals surface area contributed by atoms with Gasteiger partial charge in [-0.05, 0) is 25.1 Å². The number of imidazole rings is 1. The van der Waals surface area contributed by atoms with Crippen LogP contribution in [0.25, 0.3) is 22.4 Å². The van der Waals surface area contributed by atoms with Crippen LogP contribution < -0.4 is 25.5 Å². The van der Waals surface area contributed by atoms with Crippen molar-refractivity contribution < 1.29 is 19.0 Å². The number of rotatable bonds is 5. The lowest BCUT2D eigenvalue weighted by atomic mass is 10.1. The number of fused-ring (bicyclic) bond motifs is 1. The van der Waals surface area contributed by atoms with E-state index in [0.29, 0.717) is 45.2 Å². The standard InChI is InChI=1S/C18H21N5O4/c1-9-20-15-11(18(24)22-19)8-12(21-17(15)23(9)2)10-6-13(25-3)16(27-5)14(7-10)26-4/h6-8H,19H2,1-5H3,(H,22,24). The topological polar surface area (TPSA) is 114 Å². The average Bonchev–Trinajstić information content (AvgIpc) is 2.99. The quantitative estimate of drug-likeness (QED) is 0.397. The van der Waals surface area contributed by atoms with E-state index in [2.05, 4.69) is 15.4 Å². The van der Waals surface area contributed by atoms with Crippen molar-refractivity contribution in [3.63, 3.8) is 0 Å². The number of carbonyl (C=O) groups is 1. The Hall–Kier alpha value is -3.33. The van der Waals surface area contributed by atoms with Crippen LogP contribution in [0.1, 0.15) is 16.2 Å². The van der Waals surface area contributed by atoms with Crippen molar-refractivity contribution in [2.24, 2.45) is 12.9 Å². The Morgan fingerprint density at radius 1 is 1.07 bits per heavy atom. The van der Waals surface area contributed by atoms with Crippen LogP contribution in [-0.2, 0) is 7.05 Å². The molecule has 0 fully saturated rings. The molecule has 3 rings (SSSR count). The number of hydrogen-bond donors (Lipinski definition) is 2. The van der Waals surface area contributed by atoms with Gasteiger partial charge in [-0.15, -0.1) is 0 Å². The minimum Gasteiger partial charge on any atom is -0.493 e. The number of aryl methyl sites for hydroxylation is 2. The summed E-state index contributed by atoms with van der Waals surface area (Å²) in [6.45, 7) is 1.84. The van der Waals surface area contributed by atoms with Crippen molar-refractivity contribution in [3.8, 4) is 28.5 Å². The van der Waals surface area contributed by atoms with Crippen LogP contribution in [0.15, 0.2) is 18.2 Å². The van der Waals surface area contributed by atoms with Crippen LogP contribution in [-0.4, -0.2) is 41.8 Å². The van der Waals surface area contributed by atoms with Gasteiger partial charge in [0.15, 0.2) is 17.1 Å². The predicted molar refractivity (Wildman–Crippen MR) is 100.0 cm³/mol. The Morgan fingerprint density at radius 2 is 1.70 bits per heavy atom. The number of ether oxygens (including phenoxy) is 3. The smallest absolute Gasteiger partial charge is 0.267 e. The molecule has 0 radical (unpaired) electrons. The average molecular weight is 371 g/mol. The van der Waals surface area contributed by atoms with E-state index in [4.69, 9.17) is 20.1 Å². The number of nitrogens with one attached hydrogen (secondary N) is 1. The van der Waals surface area contributed by atoms with E-state index in [1.807, 2.05) is 18.5 Å². The van der Waals surface area contributed by atoms with Crippen LogP contribution in [0.2, 0.25) is 0 Å². The van der Waals surface area contributed by atoms with Crippen molar-refractivity contribution in [1.29, 1.82) is 0 Å². The Labute approximate surface area is 156 Å². The fraction of sp³-hybridized carbons (Fsp3) is 0.278. The highest BCUT2D eigenvalue weighted by molar-refractivity contribution is 6.05. The molecule has 0 aliphatic heterocycles. The largest absolute Gasteiger partial charge is 0.493 e. The first-order valence-electron chi connectivity index (χ1n) is 8.10. The van der Waals surface area contributed by atoms with Crippen molar-refractivity contribution in [1.82, 2.24) is 20.0 Å². The third-order valence-corrected chi connectivity index (χ3v) is 4.39. The summed E-state index contributed by atoms with van der Waals surface area (Å²) in [7, 11) is 6.44. The Balaban J connectivity index is 2.31. The fourth-order valence-corrected chi connectivity index (χ4v) is 2.89. The summed E-state index contributed by atoms with van der Waals surface area (Å²) in [5.74, 6) is 7.07. The van der Waals surface area contributed by atoms with E-state index in [1.165, 1.54) is 21.3 Å². The molecule has 0 saturated carbocycles. The number of methoxy groups -OCH3 is 3. The first-order chi connectivity index (χ1) is 12.9. The highest BCUT2D eigenvalue weighted by Crippen LogP contribution is 2.41. The number of benzene rings is 1. The molecule has 0 bridgehead atoms. The van der Waals surface area contributed by atoms with E-state index in [9.17, 15) is 4.79 Å². The van der Waals surface area contributed by atoms with Crippen LogP contribution >= 0.6 is 0 Å². The number of aromatic nitrogens is 3. The third-order valence-electron chi connectivity index (χ3n) is 4.39. The summed E-state index contributed by atoms with van der Waals surface area (Å²) in [4.78, 5) is 21.4. The molecule has 9 nitrogen and oxygen atoms in total. The summed E-state index contributed by atoms with van der Waals surface area (Å²) < 4.78 is 18.0. The van der Waals surface area contributed by atoms with Gasteiger partial charge in [0, 0.05) is 12.6 Å². The highest BCUT2D eigenvalue weighted by atomic mass is 16.5. The number of nitrogens with two attached hydrogens (primary N) is 1. The molecule has 2 aromatic heterocycles. The van der Waals surface area contributed by atoms with Gasteiger partial charge in [-0.2, -0.15) is 0 Å². The zero-order valence-electron chi connectivity index (χ0n) is 15.8. The maximum Gasteiger partial charge on any atom is 0.267 e. The van der Waals surface area contributed by atoms with Gasteiger partial charge in [0.25, 0.3) is 5.91 Å². The van der Waals surface area contributed by atoms with Crippen LogP contribution in [0.5, 0.6) is 17.2 Å². The van der Waals surface area contributed by atoms with Crippen molar-refractivity contribution in [3.05, 3.63) is 29.6 Å². The van der Waals surface area contributed by atoms with E-state index in [0.717, 1.165) is 5.82 Å². The number of pyridine rings is 1. The number of hydrogen-bond acceptors (Lipinski definition) is 7. The highest BCUT2D eigenvalue weighted by Gasteiger charge is 2.20. The maximum atomic E-state index is 12.3. The third kappa shape index (κ3) is 3.02. The van der Waals surface area contributed by atoms with E-state index >= 15 is 0 Å². The molecular weight excluding hydrogens is 350 g/mol. The minimum atomic E-state index is -0.450. The second kappa shape index (κ2) is 7.12. The lowest BCUT2D eigenvalue weighted by Crippen LogP contribution is -2.30. The molecule has 3 N–H and O–H groups in total. The molecule has 27 heavy (non-hydrogen) atoms. The van der Waals surface area contributed by atoms with Crippen LogP contribution in [0.4, 0.5) is 0 Å². The number of hydrazine groups is 1. The van der Waals surface area contributed by atoms with Crippen molar-refractivity contribution in [2.75, 3.05) is 21.3 Å². The van der Waals surface area contributed by atoms with Crippen molar-refractivity contribution >= 4 is 17.1 Å². The molecule has 2 heterocycles. The summed E-state index contributed by atoms with van der Waals surface area (Å²) in [6, 6.07) is 5.17. The lowest BCUT2D eigenvalue weighted by molar-refractivity contribution is 0.0955. The minimum absolute atomic E-state index is 0.329. The Kier molecular flexibility index (Phi) is 4.87. The fourth-order valence-electron chi connectivity index (χ4n) is 2.89. The molecule has 0 atom stereocenters. The molecule has 9 heteroatoms. The summed E-state index contributed by atoms with van der Waals surface area (Å²) in [5.41, 5.74) is 4.77. The van der Waals surface area contributed by atoms with Gasteiger partial charge >= 0.3 is 0 Å². The van der Waals surface area contributed by atoms with Gasteiger partial charge in [0.05, 0.1) is 32.6 Å². The lowest BCUT2D eigenvalue weighted by Gasteiger charge is -2.14. The van der Waals surface area contributed by atoms with Gasteiger partial charge < -0.3 is 18.8 Å². The molecule has 1 aromatic carbocycles. The molecule has 1 amide bonds. The molecule has 0 aliphatic carbocycles. The second-order valence-electron chi connectivity index (χ2n) is 5.83. The van der Waals surface area contributed by atoms with Gasteiger partial charge in [0.1, 0.15) is 11.3 Å². The van der Waals surface area contributed by atoms with E-state index < -0.39 is 5.91 Å². The van der Waals surface area contributed by atoms with Crippen LogP contribution in [0.3, 0.4) is 0 Å². The molecule has 0 saturated heterocycles. The van der Waals surface area contributed by atoms with E-state index in [1.54, 1.807) is 18.2 Å². The first kappa shape index (κ1) is 18.5. The zero-order valence-corrected chi connectivity index (χ0v) is 15.8. The molecule has 0 spiro atoms. The van der Waals surface area contributed by atoms with E-state index in [-0.39, 0.29) is 0 Å². The summed E-state index contributed by atoms with van der Waals surface area (Å²) in [6.07, 6.45) is 0. The molecule has 142 valence electrons. The number of nitrogen functional groups attached to an aromatic ring is 1. The number of nitrogens with zero attached hydrogens (tertiary/aromatic N) is 3. The molecule has 3 aromatic rings. The summed E-state index contributed by atoms with van der Waals surface area (Å²) >= 11 is 0. The molecular formula is C18H21N5O4. The summed E-state index contributed by atoms with van der Waals surface area (Å²) in [5, 5.41) is 0. The van der Waals surface area contributed by atoms with Gasteiger partial charge in [-0.25, -0.2) is 15.8 Å². The van der Waals surface area contributed by atoms with Gasteiger partial charge in [0.2, 0.25) is 5.75 Å². The maximum absolute atomic E-state index is 12.3. The predicted octanol–water partition coefficient (Wildman–Crippen LogP) is 1.57. The van der Waals surface area contributed by atoms with Gasteiger partial charge in [-0.3, -0.25) is 10.2 Å². The Bertz CT molecular complexity index is 1000. The molecule has 0 unspecified atom stereocenters. The number of amides is 1. The van der Waals surface area contributed by atoms with Crippen molar-refractivity contribution in [2.45, 2.75) is 6.92 Å². The SMILES string of the molecule is COc1cc(-c2cc(C(=O)NN)c3nc(C)n(C)c3n2)cc(OC)c1OC. The van der Waals surface area contributed by atoms with Gasteiger partial charge in [-0.1, -0.05) is 0 Å². The first-order valence-corrected chi connectivity index (χ1v) is 8.10. The zero-order chi connectivity index (χ0) is 19.7. The normalized spacial score (nSPS) is 10.7. The number of carbonyl (C=O) groups excluding carboxylic acids is 1. The van der Waals surface area contributed by atoms with Crippen LogP contribution in [0, 0.1) is 6.92 Å².